The van der Waals surface area contributed by atoms with Gasteiger partial charge >= 0.3 is 0 Å². The van der Waals surface area contributed by atoms with Crippen molar-refractivity contribution in [3.05, 3.63) is 87.3 Å². The summed E-state index contributed by atoms with van der Waals surface area (Å²) in [4.78, 5) is 7.83. The van der Waals surface area contributed by atoms with Gasteiger partial charge in [-0.2, -0.15) is 5.26 Å². The van der Waals surface area contributed by atoms with Crippen LogP contribution in [0.25, 0.3) is 21.5 Å². The number of dihydropyridines is 1. The lowest BCUT2D eigenvalue weighted by Gasteiger charge is -2.26. The number of pyridine rings is 1. The highest BCUT2D eigenvalue weighted by atomic mass is 35.5. The van der Waals surface area contributed by atoms with Crippen LogP contribution in [-0.2, 0) is 0 Å². The molecule has 1 atom stereocenters. The molecule has 3 aromatic rings. The highest BCUT2D eigenvalue weighted by Gasteiger charge is 2.34. The monoisotopic (exact) mass is 387 g/mol. The fraction of sp³-hybridized carbons (Fsp3) is 0.0952. The first-order valence-corrected chi connectivity index (χ1v) is 8.80. The first-order valence-electron chi connectivity index (χ1n) is 8.43. The minimum Gasteiger partial charge on any atom is -0.461 e. The lowest BCUT2D eigenvalue weighted by Crippen LogP contribution is -2.23. The third-order valence-electron chi connectivity index (χ3n) is 4.69. The molecular formula is C21H14ClN5O. The highest BCUT2D eigenvalue weighted by molar-refractivity contribution is 6.30. The van der Waals surface area contributed by atoms with Gasteiger partial charge in [-0.05, 0) is 36.8 Å². The molecule has 6 nitrogen and oxygen atoms in total. The Kier molecular flexibility index (Phi) is 4.27. The summed E-state index contributed by atoms with van der Waals surface area (Å²) in [5.41, 5.74) is 9.39. The average molecular weight is 388 g/mol. The summed E-state index contributed by atoms with van der Waals surface area (Å²) in [7, 11) is 0. The third-order valence-corrected chi connectivity index (χ3v) is 4.94. The lowest BCUT2D eigenvalue weighted by atomic mass is 9.87. The van der Waals surface area contributed by atoms with Crippen LogP contribution in [0.15, 0.2) is 64.0 Å². The number of hydrogen-bond donors (Lipinski definition) is 2. The Morgan fingerprint density at radius 3 is 2.71 bits per heavy atom. The standard InChI is InChI=1S/C21H14ClN5O/c1-11-15(10-23)18(17-9-14-16(28-17)7-8-26-21(14)24)20(25-2)19(27-11)12-3-5-13(22)6-4-12/h3-9,18,27H,1H3,(H2,24,26). The van der Waals surface area contributed by atoms with Gasteiger partial charge in [-0.1, -0.05) is 23.7 Å². The zero-order valence-electron chi connectivity index (χ0n) is 14.8. The predicted molar refractivity (Wildman–Crippen MR) is 108 cm³/mol. The summed E-state index contributed by atoms with van der Waals surface area (Å²) < 4.78 is 5.97. The van der Waals surface area contributed by atoms with E-state index in [2.05, 4.69) is 21.2 Å². The van der Waals surface area contributed by atoms with E-state index in [1.165, 1.54) is 0 Å². The largest absolute Gasteiger partial charge is 0.461 e. The average Bonchev–Trinajstić information content (AvgIpc) is 3.13. The molecule has 2 aromatic heterocycles. The fourth-order valence-corrected chi connectivity index (χ4v) is 3.47. The maximum atomic E-state index is 9.76. The molecule has 1 unspecified atom stereocenters. The first-order chi connectivity index (χ1) is 13.5. The predicted octanol–water partition coefficient (Wildman–Crippen LogP) is 4.84. The molecule has 0 saturated heterocycles. The van der Waals surface area contributed by atoms with Crippen molar-refractivity contribution >= 4 is 34.1 Å². The Morgan fingerprint density at radius 2 is 2.07 bits per heavy atom. The number of benzene rings is 1. The highest BCUT2D eigenvalue weighted by Crippen LogP contribution is 2.43. The molecule has 0 radical (unpaired) electrons. The molecule has 0 aliphatic carbocycles. The van der Waals surface area contributed by atoms with Crippen LogP contribution < -0.4 is 11.1 Å². The first kappa shape index (κ1) is 17.7. The van der Waals surface area contributed by atoms with Crippen molar-refractivity contribution in [2.75, 3.05) is 5.73 Å². The van der Waals surface area contributed by atoms with Crippen molar-refractivity contribution in [2.45, 2.75) is 12.8 Å². The molecule has 1 aliphatic heterocycles. The number of nitrogens with zero attached hydrogens (tertiary/aromatic N) is 3. The SMILES string of the molecule is [C-]#[N+]C1=C(c2ccc(Cl)cc2)NC(C)=C(C#N)C1c1cc2c(N)nccc2o1. The Labute approximate surface area is 166 Å². The van der Waals surface area contributed by atoms with E-state index < -0.39 is 5.92 Å². The van der Waals surface area contributed by atoms with E-state index in [1.54, 1.807) is 37.4 Å². The van der Waals surface area contributed by atoms with Crippen LogP contribution in [0.3, 0.4) is 0 Å². The normalized spacial score (nSPS) is 16.6. The molecule has 3 heterocycles. The van der Waals surface area contributed by atoms with E-state index in [0.29, 0.717) is 50.2 Å². The Hall–Kier alpha value is -3.74. The number of rotatable bonds is 2. The number of halogens is 1. The molecule has 3 N–H and O–H groups in total. The van der Waals surface area contributed by atoms with Crippen LogP contribution in [0, 0.1) is 17.9 Å². The molecule has 0 fully saturated rings. The number of allylic oxidation sites excluding steroid dienone is 2. The van der Waals surface area contributed by atoms with Crippen molar-refractivity contribution in [1.29, 1.82) is 5.26 Å². The number of fused-ring (bicyclic) bond motifs is 1. The van der Waals surface area contributed by atoms with Gasteiger partial charge in [0.1, 0.15) is 17.2 Å². The van der Waals surface area contributed by atoms with Crippen LogP contribution in [0.4, 0.5) is 5.82 Å². The van der Waals surface area contributed by atoms with Gasteiger partial charge in [0.25, 0.3) is 0 Å². The summed E-state index contributed by atoms with van der Waals surface area (Å²) in [5, 5.41) is 14.2. The number of nitrogens with one attached hydrogen (secondary N) is 1. The number of nitrogen functional groups attached to an aromatic ring is 1. The molecule has 136 valence electrons. The third kappa shape index (κ3) is 2.77. The minimum absolute atomic E-state index is 0.340. The zero-order valence-corrected chi connectivity index (χ0v) is 15.6. The topological polar surface area (TPSA) is 92.2 Å². The van der Waals surface area contributed by atoms with Crippen molar-refractivity contribution in [1.82, 2.24) is 10.3 Å². The van der Waals surface area contributed by atoms with Gasteiger partial charge in [-0.25, -0.2) is 9.83 Å². The van der Waals surface area contributed by atoms with E-state index in [-0.39, 0.29) is 0 Å². The quantitative estimate of drug-likeness (QED) is 0.614. The summed E-state index contributed by atoms with van der Waals surface area (Å²) >= 11 is 6.00. The second-order valence-electron chi connectivity index (χ2n) is 6.34. The molecule has 7 heteroatoms. The molecule has 0 spiro atoms. The van der Waals surface area contributed by atoms with Crippen molar-refractivity contribution in [2.24, 2.45) is 0 Å². The summed E-state index contributed by atoms with van der Waals surface area (Å²) in [5.74, 6) is 0.178. The maximum absolute atomic E-state index is 9.76. The van der Waals surface area contributed by atoms with Gasteiger partial charge in [0.2, 0.25) is 5.70 Å². The second kappa shape index (κ2) is 6.77. The molecule has 4 rings (SSSR count). The Bertz CT molecular complexity index is 1240. The van der Waals surface area contributed by atoms with Gasteiger partial charge in [0, 0.05) is 22.6 Å². The number of aromatic nitrogens is 1. The van der Waals surface area contributed by atoms with Crippen LogP contribution in [-0.4, -0.2) is 4.98 Å². The zero-order chi connectivity index (χ0) is 19.8. The van der Waals surface area contributed by atoms with Gasteiger partial charge in [0.05, 0.1) is 29.5 Å². The van der Waals surface area contributed by atoms with Crippen molar-refractivity contribution in [3.63, 3.8) is 0 Å². The number of anilines is 1. The van der Waals surface area contributed by atoms with Crippen LogP contribution in [0.2, 0.25) is 5.02 Å². The van der Waals surface area contributed by atoms with E-state index in [0.717, 1.165) is 5.56 Å². The fourth-order valence-electron chi connectivity index (χ4n) is 3.34. The van der Waals surface area contributed by atoms with E-state index in [9.17, 15) is 5.26 Å². The number of nitrogens with two attached hydrogens (primary N) is 1. The Morgan fingerprint density at radius 1 is 1.32 bits per heavy atom. The molecule has 0 amide bonds. The number of hydrogen-bond acceptors (Lipinski definition) is 5. The van der Waals surface area contributed by atoms with E-state index >= 15 is 0 Å². The Balaban J connectivity index is 1.95. The minimum atomic E-state index is -0.638. The molecule has 28 heavy (non-hydrogen) atoms. The summed E-state index contributed by atoms with van der Waals surface area (Å²) in [6.07, 6.45) is 1.56. The van der Waals surface area contributed by atoms with Crippen LogP contribution in [0.5, 0.6) is 0 Å². The van der Waals surface area contributed by atoms with Gasteiger partial charge in [-0.3, -0.25) is 0 Å². The van der Waals surface area contributed by atoms with Crippen LogP contribution in [0.1, 0.15) is 24.2 Å². The van der Waals surface area contributed by atoms with Gasteiger partial charge in [0.15, 0.2) is 0 Å². The molecule has 0 bridgehead atoms. The van der Waals surface area contributed by atoms with E-state index in [1.807, 2.05) is 12.1 Å². The van der Waals surface area contributed by atoms with Crippen molar-refractivity contribution < 1.29 is 4.42 Å². The lowest BCUT2D eigenvalue weighted by molar-refractivity contribution is 0.537. The van der Waals surface area contributed by atoms with E-state index in [4.69, 9.17) is 28.3 Å². The molecule has 1 aliphatic rings. The molecular weight excluding hydrogens is 374 g/mol. The molecule has 0 saturated carbocycles. The summed E-state index contributed by atoms with van der Waals surface area (Å²) in [6.45, 7) is 9.60. The van der Waals surface area contributed by atoms with Gasteiger partial charge < -0.3 is 15.5 Å². The molecule has 1 aromatic carbocycles. The van der Waals surface area contributed by atoms with Crippen LogP contribution >= 0.6 is 11.6 Å². The smallest absolute Gasteiger partial charge is 0.204 e. The van der Waals surface area contributed by atoms with Gasteiger partial charge in [-0.15, -0.1) is 0 Å². The maximum Gasteiger partial charge on any atom is 0.204 e. The van der Waals surface area contributed by atoms with Crippen molar-refractivity contribution in [3.8, 4) is 6.07 Å². The number of nitriles is 1. The summed E-state index contributed by atoms with van der Waals surface area (Å²) in [6, 6.07) is 12.9. The number of furan rings is 1. The second-order valence-corrected chi connectivity index (χ2v) is 6.78.